The van der Waals surface area contributed by atoms with Gasteiger partial charge >= 0.3 is 17.8 Å². The molecule has 0 fully saturated rings. The van der Waals surface area contributed by atoms with Crippen LogP contribution in [0.3, 0.4) is 0 Å². The zero-order valence-electron chi connectivity index (χ0n) is 18.2. The minimum atomic E-state index is -0.990. The fraction of sp³-hybridized carbons (Fsp3) is 0.364. The molecule has 0 saturated heterocycles. The van der Waals surface area contributed by atoms with Crippen molar-refractivity contribution in [2.24, 2.45) is 5.10 Å². The fourth-order valence-electron chi connectivity index (χ4n) is 3.38. The van der Waals surface area contributed by atoms with Crippen molar-refractivity contribution < 1.29 is 29.0 Å². The molecule has 2 amide bonds. The van der Waals surface area contributed by atoms with Crippen LogP contribution in [0.25, 0.3) is 0 Å². The summed E-state index contributed by atoms with van der Waals surface area (Å²) < 4.78 is 10.9. The second kappa shape index (κ2) is 11.3. The minimum absolute atomic E-state index is 0.0477. The Kier molecular flexibility index (Phi) is 8.45. The third kappa shape index (κ3) is 5.91. The summed E-state index contributed by atoms with van der Waals surface area (Å²) in [6.07, 6.45) is 4.84. The van der Waals surface area contributed by atoms with Gasteiger partial charge in [0.1, 0.15) is 5.00 Å². The normalized spacial score (nSPS) is 12.8. The SMILES string of the molecule is CCOC(=O)c1c(NC(=O)C(=O)N/N=C/c2cc(Br)c(O)c(OCC)c2)sc2c1CCCC2. The summed E-state index contributed by atoms with van der Waals surface area (Å²) in [6, 6.07) is 3.12. The van der Waals surface area contributed by atoms with E-state index in [-0.39, 0.29) is 18.1 Å². The lowest BCUT2D eigenvalue weighted by molar-refractivity contribution is -0.136. The summed E-state index contributed by atoms with van der Waals surface area (Å²) in [4.78, 5) is 38.2. The van der Waals surface area contributed by atoms with E-state index in [0.717, 1.165) is 36.1 Å². The number of fused-ring (bicyclic) bond motifs is 1. The Morgan fingerprint density at radius 1 is 1.18 bits per heavy atom. The summed E-state index contributed by atoms with van der Waals surface area (Å²) in [5.74, 6) is -2.24. The van der Waals surface area contributed by atoms with Crippen molar-refractivity contribution in [1.29, 1.82) is 0 Å². The number of nitrogens with zero attached hydrogens (tertiary/aromatic N) is 1. The van der Waals surface area contributed by atoms with Gasteiger partial charge in [-0.25, -0.2) is 10.2 Å². The van der Waals surface area contributed by atoms with Gasteiger partial charge in [-0.3, -0.25) is 9.59 Å². The van der Waals surface area contributed by atoms with Crippen molar-refractivity contribution >= 4 is 56.3 Å². The van der Waals surface area contributed by atoms with E-state index in [9.17, 15) is 19.5 Å². The number of nitrogens with one attached hydrogen (secondary N) is 2. The summed E-state index contributed by atoms with van der Waals surface area (Å²) in [5.41, 5.74) is 3.91. The maximum absolute atomic E-state index is 12.5. The van der Waals surface area contributed by atoms with Crippen LogP contribution in [0.4, 0.5) is 5.00 Å². The number of carbonyl (C=O) groups excluding carboxylic acids is 3. The number of phenols is 1. The van der Waals surface area contributed by atoms with Crippen LogP contribution < -0.4 is 15.5 Å². The van der Waals surface area contributed by atoms with Gasteiger partial charge in [0.25, 0.3) is 0 Å². The lowest BCUT2D eigenvalue weighted by Crippen LogP contribution is -2.32. The predicted octanol–water partition coefficient (Wildman–Crippen LogP) is 3.76. The van der Waals surface area contributed by atoms with Gasteiger partial charge in [-0.2, -0.15) is 5.10 Å². The summed E-state index contributed by atoms with van der Waals surface area (Å²) >= 11 is 4.52. The van der Waals surface area contributed by atoms with Crippen molar-refractivity contribution in [2.45, 2.75) is 39.5 Å². The third-order valence-electron chi connectivity index (χ3n) is 4.81. The van der Waals surface area contributed by atoms with E-state index in [0.29, 0.717) is 27.2 Å². The molecule has 1 aromatic carbocycles. The first-order valence-corrected chi connectivity index (χ1v) is 12.1. The number of benzene rings is 1. The number of phenolic OH excluding ortho intramolecular Hbond substituents is 1. The van der Waals surface area contributed by atoms with Gasteiger partial charge in [0.2, 0.25) is 0 Å². The molecule has 1 heterocycles. The van der Waals surface area contributed by atoms with Crippen LogP contribution >= 0.6 is 27.3 Å². The molecule has 1 aliphatic carbocycles. The lowest BCUT2D eigenvalue weighted by atomic mass is 9.95. The Labute approximate surface area is 203 Å². The minimum Gasteiger partial charge on any atom is -0.503 e. The largest absolute Gasteiger partial charge is 0.503 e. The summed E-state index contributed by atoms with van der Waals surface area (Å²) in [5, 5.41) is 16.6. The highest BCUT2D eigenvalue weighted by Crippen LogP contribution is 2.38. The number of esters is 1. The van der Waals surface area contributed by atoms with E-state index in [4.69, 9.17) is 9.47 Å². The maximum Gasteiger partial charge on any atom is 0.341 e. The molecular formula is C22H24BrN3O6S. The number of aryl methyl sites for hydroxylation is 1. The highest BCUT2D eigenvalue weighted by atomic mass is 79.9. The molecule has 0 unspecified atom stereocenters. The standard InChI is InChI=1S/C22H24BrN3O6S/c1-3-31-15-10-12(9-14(23)18(15)27)11-24-26-20(29)19(28)25-21-17(22(30)32-4-2)13-7-5-6-8-16(13)33-21/h9-11,27H,3-8H2,1-2H3,(H,25,28)(H,26,29)/b24-11+. The fourth-order valence-corrected chi connectivity index (χ4v) is 5.12. The Balaban J connectivity index is 1.70. The van der Waals surface area contributed by atoms with Gasteiger partial charge < -0.3 is 19.9 Å². The average molecular weight is 538 g/mol. The van der Waals surface area contributed by atoms with Gasteiger partial charge in [-0.1, -0.05) is 0 Å². The van der Waals surface area contributed by atoms with Crippen LogP contribution in [-0.2, 0) is 27.2 Å². The molecule has 2 aromatic rings. The second-order valence-electron chi connectivity index (χ2n) is 7.07. The molecule has 0 bridgehead atoms. The zero-order valence-corrected chi connectivity index (χ0v) is 20.6. The number of halogens is 1. The van der Waals surface area contributed by atoms with Crippen molar-refractivity contribution in [1.82, 2.24) is 5.43 Å². The number of hydrazone groups is 1. The highest BCUT2D eigenvalue weighted by molar-refractivity contribution is 9.10. The molecule has 0 aliphatic heterocycles. The van der Waals surface area contributed by atoms with Crippen LogP contribution in [0.5, 0.6) is 11.5 Å². The monoisotopic (exact) mass is 537 g/mol. The molecule has 11 heteroatoms. The first-order valence-electron chi connectivity index (χ1n) is 10.5. The van der Waals surface area contributed by atoms with Crippen LogP contribution in [0, 0.1) is 0 Å². The van der Waals surface area contributed by atoms with Crippen LogP contribution in [0.2, 0.25) is 0 Å². The number of aromatic hydroxyl groups is 1. The number of hydrogen-bond acceptors (Lipinski definition) is 8. The zero-order chi connectivity index (χ0) is 24.0. The molecule has 33 heavy (non-hydrogen) atoms. The van der Waals surface area contributed by atoms with E-state index in [2.05, 4.69) is 31.8 Å². The molecule has 1 aliphatic rings. The molecule has 0 spiro atoms. The van der Waals surface area contributed by atoms with Crippen LogP contribution in [0.15, 0.2) is 21.7 Å². The number of thiophene rings is 1. The van der Waals surface area contributed by atoms with Crippen molar-refractivity contribution in [2.75, 3.05) is 18.5 Å². The average Bonchev–Trinajstić information content (AvgIpc) is 3.15. The number of rotatable bonds is 7. The molecule has 0 atom stereocenters. The molecule has 3 N–H and O–H groups in total. The highest BCUT2D eigenvalue weighted by Gasteiger charge is 2.28. The molecule has 0 saturated carbocycles. The van der Waals surface area contributed by atoms with Gasteiger partial charge in [-0.15, -0.1) is 11.3 Å². The van der Waals surface area contributed by atoms with Gasteiger partial charge in [0.15, 0.2) is 11.5 Å². The van der Waals surface area contributed by atoms with E-state index >= 15 is 0 Å². The predicted molar refractivity (Wildman–Crippen MR) is 128 cm³/mol. The van der Waals surface area contributed by atoms with Crippen molar-refractivity contribution in [3.05, 3.63) is 38.2 Å². The van der Waals surface area contributed by atoms with Crippen LogP contribution in [-0.4, -0.2) is 42.3 Å². The Bertz CT molecular complexity index is 1100. The summed E-state index contributed by atoms with van der Waals surface area (Å²) in [7, 11) is 0. The van der Waals surface area contributed by atoms with E-state index in [1.54, 1.807) is 26.0 Å². The number of ether oxygens (including phenoxy) is 2. The Morgan fingerprint density at radius 2 is 1.94 bits per heavy atom. The molecule has 3 rings (SSSR count). The van der Waals surface area contributed by atoms with E-state index in [1.807, 2.05) is 0 Å². The van der Waals surface area contributed by atoms with E-state index < -0.39 is 17.8 Å². The molecule has 9 nitrogen and oxygen atoms in total. The second-order valence-corrected chi connectivity index (χ2v) is 9.03. The first-order chi connectivity index (χ1) is 15.8. The smallest absolute Gasteiger partial charge is 0.341 e. The number of anilines is 1. The van der Waals surface area contributed by atoms with Gasteiger partial charge in [0.05, 0.1) is 29.5 Å². The van der Waals surface area contributed by atoms with Gasteiger partial charge in [-0.05, 0) is 78.7 Å². The molecular weight excluding hydrogens is 514 g/mol. The van der Waals surface area contributed by atoms with Crippen LogP contribution in [0.1, 0.15) is 53.1 Å². The number of hydrogen-bond donors (Lipinski definition) is 3. The molecule has 1 aromatic heterocycles. The molecule has 0 radical (unpaired) electrons. The third-order valence-corrected chi connectivity index (χ3v) is 6.63. The Morgan fingerprint density at radius 3 is 2.67 bits per heavy atom. The molecule has 176 valence electrons. The quantitative estimate of drug-likeness (QED) is 0.213. The topological polar surface area (TPSA) is 126 Å². The van der Waals surface area contributed by atoms with E-state index in [1.165, 1.54) is 17.6 Å². The maximum atomic E-state index is 12.5. The lowest BCUT2D eigenvalue weighted by Gasteiger charge is -2.12. The van der Waals surface area contributed by atoms with Crippen molar-refractivity contribution in [3.8, 4) is 11.5 Å². The Hall–Kier alpha value is -2.92. The van der Waals surface area contributed by atoms with Gasteiger partial charge in [0, 0.05) is 4.88 Å². The first kappa shape index (κ1) is 24.7. The number of carbonyl (C=O) groups is 3. The summed E-state index contributed by atoms with van der Waals surface area (Å²) in [6.45, 7) is 4.07. The van der Waals surface area contributed by atoms with Crippen molar-refractivity contribution in [3.63, 3.8) is 0 Å². The number of amides is 2.